The largest absolute Gasteiger partial charge is 0.321 e. The van der Waals surface area contributed by atoms with E-state index in [0.29, 0.717) is 10.7 Å². The van der Waals surface area contributed by atoms with E-state index in [9.17, 15) is 4.79 Å². The van der Waals surface area contributed by atoms with Crippen molar-refractivity contribution in [2.75, 3.05) is 5.32 Å². The third-order valence-corrected chi connectivity index (χ3v) is 3.95. The number of hydrogen-bond acceptors (Lipinski definition) is 2. The number of hydrogen-bond donors (Lipinski definition) is 1. The summed E-state index contributed by atoms with van der Waals surface area (Å²) in [5, 5.41) is 3.59. The van der Waals surface area contributed by atoms with Crippen molar-refractivity contribution >= 4 is 28.9 Å². The van der Waals surface area contributed by atoms with E-state index in [1.54, 1.807) is 6.07 Å². The maximum absolute atomic E-state index is 12.4. The van der Waals surface area contributed by atoms with E-state index in [-0.39, 0.29) is 17.9 Å². The van der Waals surface area contributed by atoms with Gasteiger partial charge in [-0.15, -0.1) is 0 Å². The summed E-state index contributed by atoms with van der Waals surface area (Å²) in [6, 6.07) is 15.2. The molecule has 0 aliphatic carbocycles. The molecule has 1 unspecified atom stereocenters. The van der Waals surface area contributed by atoms with Crippen LogP contribution in [-0.4, -0.2) is 11.6 Å². The molecule has 112 valence electrons. The van der Waals surface area contributed by atoms with Crippen molar-refractivity contribution in [3.8, 4) is 0 Å². The number of nitrogens with zero attached hydrogens (tertiary/aromatic N) is 1. The van der Waals surface area contributed by atoms with E-state index in [1.165, 1.54) is 0 Å². The number of halogens is 1. The van der Waals surface area contributed by atoms with Gasteiger partial charge in [0, 0.05) is 22.2 Å². The molecule has 0 radical (unpaired) electrons. The molecule has 0 fully saturated rings. The van der Waals surface area contributed by atoms with Gasteiger partial charge in [0.15, 0.2) is 0 Å². The van der Waals surface area contributed by atoms with E-state index in [4.69, 9.17) is 16.6 Å². The summed E-state index contributed by atoms with van der Waals surface area (Å²) in [6.45, 7) is 3.95. The Kier molecular flexibility index (Phi) is 3.99. The van der Waals surface area contributed by atoms with Gasteiger partial charge in [-0.3, -0.25) is 9.79 Å². The molecule has 1 atom stereocenters. The predicted octanol–water partition coefficient (Wildman–Crippen LogP) is 4.48. The van der Waals surface area contributed by atoms with Crippen molar-refractivity contribution in [2.24, 2.45) is 10.9 Å². The lowest BCUT2D eigenvalue weighted by Crippen LogP contribution is -2.26. The molecule has 1 aliphatic heterocycles. The number of anilines is 1. The smallest absolute Gasteiger partial charge is 0.269 e. The SMILES string of the molecule is CC(C)C1=NC(c2ccccc2)c2cc(Cl)ccc2NC1=O. The van der Waals surface area contributed by atoms with Crippen molar-refractivity contribution in [3.05, 3.63) is 64.7 Å². The fraction of sp³-hybridized carbons (Fsp3) is 0.222. The van der Waals surface area contributed by atoms with Gasteiger partial charge in [-0.2, -0.15) is 0 Å². The molecule has 0 saturated heterocycles. The Bertz CT molecular complexity index is 738. The quantitative estimate of drug-likeness (QED) is 0.873. The lowest BCUT2D eigenvalue weighted by molar-refractivity contribution is -0.110. The molecular weight excluding hydrogens is 296 g/mol. The van der Waals surface area contributed by atoms with Crippen LogP contribution >= 0.6 is 11.6 Å². The lowest BCUT2D eigenvalue weighted by Gasteiger charge is -2.16. The van der Waals surface area contributed by atoms with Crippen LogP contribution in [0.15, 0.2) is 53.5 Å². The summed E-state index contributed by atoms with van der Waals surface area (Å²) < 4.78 is 0. The summed E-state index contributed by atoms with van der Waals surface area (Å²) in [5.41, 5.74) is 3.28. The maximum Gasteiger partial charge on any atom is 0.269 e. The molecule has 0 spiro atoms. The minimum absolute atomic E-state index is 0.0518. The van der Waals surface area contributed by atoms with Gasteiger partial charge < -0.3 is 5.32 Å². The minimum Gasteiger partial charge on any atom is -0.321 e. The molecule has 4 heteroatoms. The van der Waals surface area contributed by atoms with E-state index in [2.05, 4.69) is 5.32 Å². The maximum atomic E-state index is 12.4. The third-order valence-electron chi connectivity index (χ3n) is 3.72. The normalized spacial score (nSPS) is 17.5. The summed E-state index contributed by atoms with van der Waals surface area (Å²) in [4.78, 5) is 17.2. The number of carbonyl (C=O) groups is 1. The van der Waals surface area contributed by atoms with Gasteiger partial charge in [0.1, 0.15) is 11.8 Å². The molecule has 2 aromatic carbocycles. The highest BCUT2D eigenvalue weighted by Crippen LogP contribution is 2.36. The molecule has 1 amide bonds. The number of carbonyl (C=O) groups excluding carboxylic acids is 1. The van der Waals surface area contributed by atoms with Gasteiger partial charge in [-0.25, -0.2) is 0 Å². The molecule has 1 N–H and O–H groups in total. The number of amides is 1. The Morgan fingerprint density at radius 1 is 1.14 bits per heavy atom. The molecule has 0 aromatic heterocycles. The van der Waals surface area contributed by atoms with E-state index in [0.717, 1.165) is 16.8 Å². The van der Waals surface area contributed by atoms with Gasteiger partial charge in [-0.05, 0) is 23.8 Å². The summed E-state index contributed by atoms with van der Waals surface area (Å²) in [6.07, 6.45) is 0. The molecule has 3 nitrogen and oxygen atoms in total. The predicted molar refractivity (Wildman–Crippen MR) is 90.6 cm³/mol. The van der Waals surface area contributed by atoms with Crippen molar-refractivity contribution in [2.45, 2.75) is 19.9 Å². The van der Waals surface area contributed by atoms with Gasteiger partial charge in [0.2, 0.25) is 0 Å². The topological polar surface area (TPSA) is 41.5 Å². The Labute approximate surface area is 135 Å². The third kappa shape index (κ3) is 2.77. The van der Waals surface area contributed by atoms with Crippen LogP contribution in [0.5, 0.6) is 0 Å². The van der Waals surface area contributed by atoms with Gasteiger partial charge in [0.25, 0.3) is 5.91 Å². The Morgan fingerprint density at radius 2 is 1.86 bits per heavy atom. The first-order valence-corrected chi connectivity index (χ1v) is 7.67. The Balaban J connectivity index is 2.22. The average molecular weight is 313 g/mol. The number of nitrogens with one attached hydrogen (secondary N) is 1. The van der Waals surface area contributed by atoms with Crippen LogP contribution in [0.2, 0.25) is 5.02 Å². The minimum atomic E-state index is -0.230. The number of aliphatic imine (C=N–C) groups is 1. The zero-order valence-corrected chi connectivity index (χ0v) is 13.3. The average Bonchev–Trinajstić information content (AvgIpc) is 2.64. The van der Waals surface area contributed by atoms with Crippen molar-refractivity contribution < 1.29 is 4.79 Å². The standard InChI is InChI=1S/C18H17ClN2O/c1-11(2)16-18(22)20-15-9-8-13(19)10-14(15)17(21-16)12-6-4-3-5-7-12/h3-11,17H,1-2H3,(H,20,22). The van der Waals surface area contributed by atoms with E-state index >= 15 is 0 Å². The highest BCUT2D eigenvalue weighted by molar-refractivity contribution is 6.44. The summed E-state index contributed by atoms with van der Waals surface area (Å²) >= 11 is 6.16. The zero-order chi connectivity index (χ0) is 15.7. The number of rotatable bonds is 2. The Morgan fingerprint density at radius 3 is 2.55 bits per heavy atom. The molecule has 1 aliphatic rings. The Hall–Kier alpha value is -2.13. The summed E-state index contributed by atoms with van der Waals surface area (Å²) in [5.74, 6) is -0.0898. The molecule has 0 bridgehead atoms. The van der Waals surface area contributed by atoms with Crippen LogP contribution in [0.25, 0.3) is 0 Å². The van der Waals surface area contributed by atoms with Crippen molar-refractivity contribution in [1.82, 2.24) is 0 Å². The van der Waals surface area contributed by atoms with Crippen LogP contribution < -0.4 is 5.32 Å². The molecule has 22 heavy (non-hydrogen) atoms. The highest BCUT2D eigenvalue weighted by Gasteiger charge is 2.26. The first-order valence-electron chi connectivity index (χ1n) is 7.29. The molecule has 0 saturated carbocycles. The van der Waals surface area contributed by atoms with Crippen LogP contribution in [-0.2, 0) is 4.79 Å². The first kappa shape index (κ1) is 14.8. The van der Waals surface area contributed by atoms with Gasteiger partial charge >= 0.3 is 0 Å². The lowest BCUT2D eigenvalue weighted by atomic mass is 9.97. The first-order chi connectivity index (χ1) is 10.6. The van der Waals surface area contributed by atoms with Crippen LogP contribution in [0, 0.1) is 5.92 Å². The molecule has 1 heterocycles. The van der Waals surface area contributed by atoms with Crippen LogP contribution in [0.4, 0.5) is 5.69 Å². The second-order valence-electron chi connectivity index (χ2n) is 5.67. The monoisotopic (exact) mass is 312 g/mol. The van der Waals surface area contributed by atoms with E-state index in [1.807, 2.05) is 56.3 Å². The van der Waals surface area contributed by atoms with Crippen molar-refractivity contribution in [3.63, 3.8) is 0 Å². The van der Waals surface area contributed by atoms with Crippen LogP contribution in [0.1, 0.15) is 31.0 Å². The fourth-order valence-electron chi connectivity index (χ4n) is 2.63. The number of fused-ring (bicyclic) bond motifs is 1. The van der Waals surface area contributed by atoms with Crippen LogP contribution in [0.3, 0.4) is 0 Å². The number of benzene rings is 2. The van der Waals surface area contributed by atoms with Gasteiger partial charge in [-0.1, -0.05) is 55.8 Å². The van der Waals surface area contributed by atoms with E-state index < -0.39 is 0 Å². The van der Waals surface area contributed by atoms with Crippen molar-refractivity contribution in [1.29, 1.82) is 0 Å². The molecule has 3 rings (SSSR count). The fourth-order valence-corrected chi connectivity index (χ4v) is 2.81. The van der Waals surface area contributed by atoms with Gasteiger partial charge in [0.05, 0.1) is 0 Å². The second kappa shape index (κ2) is 5.93. The summed E-state index contributed by atoms with van der Waals surface area (Å²) in [7, 11) is 0. The molecular formula is C18H17ClN2O. The zero-order valence-electron chi connectivity index (χ0n) is 12.5. The highest BCUT2D eigenvalue weighted by atomic mass is 35.5. The second-order valence-corrected chi connectivity index (χ2v) is 6.10. The molecule has 2 aromatic rings.